The van der Waals surface area contributed by atoms with Gasteiger partial charge in [0.05, 0.1) is 0 Å². The number of hydrogen-bond acceptors (Lipinski definition) is 0. The Morgan fingerprint density at radius 3 is 2.69 bits per heavy atom. The molecule has 0 aliphatic carbocycles. The van der Waals surface area contributed by atoms with Crippen LogP contribution in [0.4, 0.5) is 4.39 Å². The Balaban J connectivity index is 2.30. The number of hydrogen-bond donors (Lipinski definition) is 0. The number of halogens is 2. The van der Waals surface area contributed by atoms with Crippen molar-refractivity contribution in [2.45, 2.75) is 13.3 Å². The minimum Gasteiger partial charge on any atom is -0.207 e. The van der Waals surface area contributed by atoms with Crippen molar-refractivity contribution in [1.82, 2.24) is 0 Å². The summed E-state index contributed by atoms with van der Waals surface area (Å²) in [5, 5.41) is 0.714. The first-order chi connectivity index (χ1) is 7.65. The molecule has 0 heterocycles. The van der Waals surface area contributed by atoms with Gasteiger partial charge in [-0.3, -0.25) is 0 Å². The van der Waals surface area contributed by atoms with Crippen LogP contribution in [-0.2, 0) is 6.42 Å². The van der Waals surface area contributed by atoms with Crippen LogP contribution in [0.1, 0.15) is 16.7 Å². The van der Waals surface area contributed by atoms with Crippen molar-refractivity contribution in [3.63, 3.8) is 0 Å². The summed E-state index contributed by atoms with van der Waals surface area (Å²) >= 11 is 5.91. The molecule has 2 aromatic carbocycles. The molecule has 0 radical (unpaired) electrons. The van der Waals surface area contributed by atoms with E-state index in [2.05, 4.69) is 0 Å². The van der Waals surface area contributed by atoms with Crippen LogP contribution in [0.5, 0.6) is 0 Å². The summed E-state index contributed by atoms with van der Waals surface area (Å²) in [5.41, 5.74) is 3.20. The van der Waals surface area contributed by atoms with Crippen LogP contribution in [0.25, 0.3) is 0 Å². The minimum atomic E-state index is -0.192. The van der Waals surface area contributed by atoms with Gasteiger partial charge in [-0.25, -0.2) is 4.39 Å². The maximum Gasteiger partial charge on any atom is 0.123 e. The molecule has 0 spiro atoms. The molecule has 0 N–H and O–H groups in total. The van der Waals surface area contributed by atoms with Gasteiger partial charge in [0.15, 0.2) is 0 Å². The zero-order valence-corrected chi connectivity index (χ0v) is 9.76. The molecular formula is C14H12ClF. The SMILES string of the molecule is Cc1ccc(F)cc1Cc1cccc(Cl)c1. The Morgan fingerprint density at radius 1 is 1.12 bits per heavy atom. The first-order valence-corrected chi connectivity index (χ1v) is 5.52. The molecule has 0 fully saturated rings. The zero-order chi connectivity index (χ0) is 11.5. The number of benzene rings is 2. The Hall–Kier alpha value is -1.34. The monoisotopic (exact) mass is 234 g/mol. The summed E-state index contributed by atoms with van der Waals surface area (Å²) < 4.78 is 13.1. The number of aryl methyl sites for hydroxylation is 1. The van der Waals surface area contributed by atoms with Crippen molar-refractivity contribution in [2.75, 3.05) is 0 Å². The summed E-state index contributed by atoms with van der Waals surface area (Å²) in [6.07, 6.45) is 0.712. The molecule has 0 aliphatic rings. The molecule has 2 heteroatoms. The zero-order valence-electron chi connectivity index (χ0n) is 9.00. The Kier molecular flexibility index (Phi) is 3.25. The third-order valence-corrected chi connectivity index (χ3v) is 2.83. The standard InChI is InChI=1S/C14H12ClF/c1-10-5-6-14(16)9-12(10)7-11-3-2-4-13(15)8-11/h2-6,8-9H,7H2,1H3. The molecule has 82 valence electrons. The van der Waals surface area contributed by atoms with Gasteiger partial charge in [-0.05, 0) is 54.3 Å². The van der Waals surface area contributed by atoms with E-state index in [1.165, 1.54) is 6.07 Å². The average Bonchev–Trinajstić information content (AvgIpc) is 2.24. The van der Waals surface area contributed by atoms with Crippen LogP contribution < -0.4 is 0 Å². The van der Waals surface area contributed by atoms with E-state index in [1.54, 1.807) is 12.1 Å². The molecule has 0 nitrogen and oxygen atoms in total. The highest BCUT2D eigenvalue weighted by Crippen LogP contribution is 2.17. The first-order valence-electron chi connectivity index (χ1n) is 5.14. The topological polar surface area (TPSA) is 0 Å². The Morgan fingerprint density at radius 2 is 1.94 bits per heavy atom. The average molecular weight is 235 g/mol. The molecule has 0 amide bonds. The van der Waals surface area contributed by atoms with Crippen LogP contribution in [0.3, 0.4) is 0 Å². The third kappa shape index (κ3) is 2.61. The van der Waals surface area contributed by atoms with Crippen molar-refractivity contribution in [3.05, 3.63) is 70.0 Å². The normalized spacial score (nSPS) is 10.4. The van der Waals surface area contributed by atoms with Gasteiger partial charge in [-0.2, -0.15) is 0 Å². The molecular weight excluding hydrogens is 223 g/mol. The fraction of sp³-hybridized carbons (Fsp3) is 0.143. The maximum atomic E-state index is 13.1. The molecule has 2 rings (SSSR count). The smallest absolute Gasteiger partial charge is 0.123 e. The van der Waals surface area contributed by atoms with E-state index in [9.17, 15) is 4.39 Å². The highest BCUT2D eigenvalue weighted by atomic mass is 35.5. The lowest BCUT2D eigenvalue weighted by Gasteiger charge is -2.06. The summed E-state index contributed by atoms with van der Waals surface area (Å²) in [5.74, 6) is -0.192. The largest absolute Gasteiger partial charge is 0.207 e. The number of rotatable bonds is 2. The summed E-state index contributed by atoms with van der Waals surface area (Å²) in [4.78, 5) is 0. The van der Waals surface area contributed by atoms with Gasteiger partial charge in [0, 0.05) is 5.02 Å². The lowest BCUT2D eigenvalue weighted by molar-refractivity contribution is 0.625. The van der Waals surface area contributed by atoms with E-state index in [4.69, 9.17) is 11.6 Å². The minimum absolute atomic E-state index is 0.192. The van der Waals surface area contributed by atoms with Crippen molar-refractivity contribution in [2.24, 2.45) is 0 Å². The molecule has 0 saturated heterocycles. The predicted molar refractivity (Wildman–Crippen MR) is 65.4 cm³/mol. The molecule has 0 atom stereocenters. The van der Waals surface area contributed by atoms with E-state index in [1.807, 2.05) is 31.2 Å². The van der Waals surface area contributed by atoms with Crippen LogP contribution in [-0.4, -0.2) is 0 Å². The molecule has 0 aromatic heterocycles. The lowest BCUT2D eigenvalue weighted by atomic mass is 10.0. The van der Waals surface area contributed by atoms with Crippen molar-refractivity contribution >= 4 is 11.6 Å². The van der Waals surface area contributed by atoms with Crippen LogP contribution >= 0.6 is 11.6 Å². The highest BCUT2D eigenvalue weighted by molar-refractivity contribution is 6.30. The molecule has 2 aromatic rings. The van der Waals surface area contributed by atoms with Gasteiger partial charge in [0.1, 0.15) is 5.82 Å². The second-order valence-corrected chi connectivity index (χ2v) is 4.31. The van der Waals surface area contributed by atoms with Crippen molar-refractivity contribution in [1.29, 1.82) is 0 Å². The molecule has 0 saturated carbocycles. The fourth-order valence-corrected chi connectivity index (χ4v) is 1.91. The van der Waals surface area contributed by atoms with Crippen molar-refractivity contribution in [3.8, 4) is 0 Å². The van der Waals surface area contributed by atoms with E-state index in [0.717, 1.165) is 16.7 Å². The van der Waals surface area contributed by atoms with Gasteiger partial charge < -0.3 is 0 Å². The van der Waals surface area contributed by atoms with Gasteiger partial charge in [-0.15, -0.1) is 0 Å². The van der Waals surface area contributed by atoms with Crippen molar-refractivity contribution < 1.29 is 4.39 Å². The maximum absolute atomic E-state index is 13.1. The van der Waals surface area contributed by atoms with E-state index in [-0.39, 0.29) is 5.82 Å². The summed E-state index contributed by atoms with van der Waals surface area (Å²) in [6, 6.07) is 12.5. The predicted octanol–water partition coefficient (Wildman–Crippen LogP) is 4.38. The van der Waals surface area contributed by atoms with E-state index in [0.29, 0.717) is 11.4 Å². The molecule has 0 unspecified atom stereocenters. The quantitative estimate of drug-likeness (QED) is 0.724. The van der Waals surface area contributed by atoms with Crippen LogP contribution in [0.15, 0.2) is 42.5 Å². The second-order valence-electron chi connectivity index (χ2n) is 3.88. The van der Waals surface area contributed by atoms with E-state index < -0.39 is 0 Å². The third-order valence-electron chi connectivity index (χ3n) is 2.59. The Labute approximate surface area is 99.7 Å². The lowest BCUT2D eigenvalue weighted by Crippen LogP contribution is -1.92. The molecule has 0 bridgehead atoms. The van der Waals surface area contributed by atoms with Gasteiger partial charge in [-0.1, -0.05) is 29.8 Å². The van der Waals surface area contributed by atoms with E-state index >= 15 is 0 Å². The Bertz CT molecular complexity index is 506. The fourth-order valence-electron chi connectivity index (χ4n) is 1.70. The van der Waals surface area contributed by atoms with Gasteiger partial charge >= 0.3 is 0 Å². The van der Waals surface area contributed by atoms with Gasteiger partial charge in [0.2, 0.25) is 0 Å². The summed E-state index contributed by atoms with van der Waals surface area (Å²) in [6.45, 7) is 1.99. The molecule has 0 aliphatic heterocycles. The first kappa shape index (κ1) is 11.2. The summed E-state index contributed by atoms with van der Waals surface area (Å²) in [7, 11) is 0. The molecule has 16 heavy (non-hydrogen) atoms. The van der Waals surface area contributed by atoms with Crippen LogP contribution in [0, 0.1) is 12.7 Å². The second kappa shape index (κ2) is 4.67. The highest BCUT2D eigenvalue weighted by Gasteiger charge is 2.02. The van der Waals surface area contributed by atoms with Gasteiger partial charge in [0.25, 0.3) is 0 Å². The van der Waals surface area contributed by atoms with Crippen LogP contribution in [0.2, 0.25) is 5.02 Å².